The Morgan fingerprint density at radius 1 is 0.478 bits per heavy atom. The predicted molar refractivity (Wildman–Crippen MR) is 194 cm³/mol. The molecule has 7 aromatic carbocycles. The van der Waals surface area contributed by atoms with Crippen molar-refractivity contribution >= 4 is 54.4 Å². The number of aryl methyl sites for hydroxylation is 3. The van der Waals surface area contributed by atoms with Gasteiger partial charge in [-0.1, -0.05) is 103 Å². The zero-order chi connectivity index (χ0) is 30.9. The first kappa shape index (κ1) is 26.6. The van der Waals surface area contributed by atoms with Crippen molar-refractivity contribution < 1.29 is 0 Å². The van der Waals surface area contributed by atoms with Gasteiger partial charge in [-0.2, -0.15) is 0 Å². The van der Waals surface area contributed by atoms with Crippen molar-refractivity contribution in [3.63, 3.8) is 0 Å². The summed E-state index contributed by atoms with van der Waals surface area (Å²) in [5.41, 5.74) is 13.7. The summed E-state index contributed by atoms with van der Waals surface area (Å²) < 4.78 is 2.38. The van der Waals surface area contributed by atoms with Gasteiger partial charge in [-0.25, -0.2) is 4.98 Å². The van der Waals surface area contributed by atoms with Crippen molar-refractivity contribution in [2.75, 3.05) is 0 Å². The van der Waals surface area contributed by atoms with E-state index in [2.05, 4.69) is 153 Å². The maximum Gasteiger partial charge on any atom is 0.0979 e. The monoisotopic (exact) mass is 589 g/mol. The second-order valence-corrected chi connectivity index (χ2v) is 12.5. The zero-order valence-corrected chi connectivity index (χ0v) is 26.0. The molecule has 0 bridgehead atoms. The molecular weight excluding hydrogens is 558 g/mol. The third kappa shape index (κ3) is 3.98. The number of aromatic nitrogens is 3. The third-order valence-corrected chi connectivity index (χ3v) is 9.47. The van der Waals surface area contributed by atoms with E-state index in [1.54, 1.807) is 0 Å². The lowest BCUT2D eigenvalue weighted by Gasteiger charge is -2.13. The summed E-state index contributed by atoms with van der Waals surface area (Å²) in [6.45, 7) is 6.60. The number of nitrogens with zero attached hydrogens (tertiary/aromatic N) is 3. The van der Waals surface area contributed by atoms with E-state index in [1.165, 1.54) is 60.4 Å². The average Bonchev–Trinajstić information content (AvgIpc) is 3.42. The SMILES string of the molecule is Cc1cc(C)c(-c2ccc3c(c2)c2ccccc2n3-c2cccc(-c3cnc4c5ccccc5c5ccccc5c4n3)c2)c(C)c1. The fraction of sp³-hybridized carbons (Fsp3) is 0.0698. The van der Waals surface area contributed by atoms with Crippen LogP contribution in [-0.2, 0) is 0 Å². The van der Waals surface area contributed by atoms with Gasteiger partial charge in [-0.05, 0) is 84.1 Å². The molecular formula is C43H31N3. The van der Waals surface area contributed by atoms with Crippen LogP contribution in [0.3, 0.4) is 0 Å². The van der Waals surface area contributed by atoms with Crippen molar-refractivity contribution in [1.82, 2.24) is 14.5 Å². The lowest BCUT2D eigenvalue weighted by atomic mass is 9.93. The van der Waals surface area contributed by atoms with Gasteiger partial charge in [0.2, 0.25) is 0 Å². The highest BCUT2D eigenvalue weighted by atomic mass is 15.0. The molecule has 3 nitrogen and oxygen atoms in total. The summed E-state index contributed by atoms with van der Waals surface area (Å²) >= 11 is 0. The minimum atomic E-state index is 0.864. The van der Waals surface area contributed by atoms with Gasteiger partial charge < -0.3 is 4.57 Å². The van der Waals surface area contributed by atoms with Crippen molar-refractivity contribution in [2.24, 2.45) is 0 Å². The molecule has 0 unspecified atom stereocenters. The van der Waals surface area contributed by atoms with Gasteiger partial charge in [-0.15, -0.1) is 0 Å². The molecule has 0 N–H and O–H groups in total. The van der Waals surface area contributed by atoms with E-state index < -0.39 is 0 Å². The second kappa shape index (κ2) is 10.1. The Balaban J connectivity index is 1.23. The number of benzene rings is 7. The lowest BCUT2D eigenvalue weighted by molar-refractivity contribution is 1.18. The number of fused-ring (bicyclic) bond motifs is 9. The highest BCUT2D eigenvalue weighted by Gasteiger charge is 2.16. The minimum Gasteiger partial charge on any atom is -0.309 e. The molecule has 0 saturated heterocycles. The van der Waals surface area contributed by atoms with E-state index in [0.29, 0.717) is 0 Å². The van der Waals surface area contributed by atoms with Gasteiger partial charge >= 0.3 is 0 Å². The Hall–Kier alpha value is -5.80. The molecule has 218 valence electrons. The lowest BCUT2D eigenvalue weighted by Crippen LogP contribution is -1.96. The van der Waals surface area contributed by atoms with Crippen LogP contribution in [0.1, 0.15) is 16.7 Å². The smallest absolute Gasteiger partial charge is 0.0979 e. The molecule has 46 heavy (non-hydrogen) atoms. The molecule has 0 saturated carbocycles. The Bertz CT molecular complexity index is 2620. The summed E-state index contributed by atoms with van der Waals surface area (Å²) in [6.07, 6.45) is 1.92. The molecule has 2 aromatic heterocycles. The van der Waals surface area contributed by atoms with Crippen molar-refractivity contribution in [3.05, 3.63) is 150 Å². The Kier molecular flexibility index (Phi) is 5.85. The maximum absolute atomic E-state index is 5.27. The van der Waals surface area contributed by atoms with Crippen molar-refractivity contribution in [2.45, 2.75) is 20.8 Å². The molecule has 9 aromatic rings. The molecule has 0 radical (unpaired) electrons. The predicted octanol–water partition coefficient (Wildman–Crippen LogP) is 11.3. The van der Waals surface area contributed by atoms with Gasteiger partial charge in [-0.3, -0.25) is 4.98 Å². The largest absolute Gasteiger partial charge is 0.309 e. The summed E-state index contributed by atoms with van der Waals surface area (Å²) in [5, 5.41) is 7.16. The molecule has 2 heterocycles. The van der Waals surface area contributed by atoms with Gasteiger partial charge in [0.25, 0.3) is 0 Å². The summed E-state index contributed by atoms with van der Waals surface area (Å²) in [5.74, 6) is 0. The number of rotatable bonds is 3. The van der Waals surface area contributed by atoms with Gasteiger partial charge in [0.15, 0.2) is 0 Å². The molecule has 9 rings (SSSR count). The molecule has 0 atom stereocenters. The molecule has 0 aliphatic carbocycles. The van der Waals surface area contributed by atoms with E-state index >= 15 is 0 Å². The van der Waals surface area contributed by atoms with Gasteiger partial charge in [0, 0.05) is 32.8 Å². The van der Waals surface area contributed by atoms with Crippen LogP contribution in [0, 0.1) is 20.8 Å². The van der Waals surface area contributed by atoms with Crippen LogP contribution < -0.4 is 0 Å². The number of para-hydroxylation sites is 1. The fourth-order valence-corrected chi connectivity index (χ4v) is 7.61. The molecule has 0 aliphatic heterocycles. The minimum absolute atomic E-state index is 0.864. The van der Waals surface area contributed by atoms with Crippen LogP contribution >= 0.6 is 0 Å². The van der Waals surface area contributed by atoms with Gasteiger partial charge in [0.05, 0.1) is 34.0 Å². The maximum atomic E-state index is 5.27. The average molecular weight is 590 g/mol. The summed E-state index contributed by atoms with van der Waals surface area (Å²) in [7, 11) is 0. The number of hydrogen-bond donors (Lipinski definition) is 0. The topological polar surface area (TPSA) is 30.7 Å². The normalized spacial score (nSPS) is 11.8. The van der Waals surface area contributed by atoms with Crippen LogP contribution in [0.4, 0.5) is 0 Å². The quantitative estimate of drug-likeness (QED) is 0.192. The Labute approximate surface area is 267 Å². The Morgan fingerprint density at radius 3 is 1.85 bits per heavy atom. The Morgan fingerprint density at radius 2 is 1.11 bits per heavy atom. The first-order chi connectivity index (χ1) is 22.5. The van der Waals surface area contributed by atoms with Crippen molar-refractivity contribution in [3.8, 4) is 28.1 Å². The second-order valence-electron chi connectivity index (χ2n) is 12.5. The molecule has 3 heteroatoms. The van der Waals surface area contributed by atoms with Crippen LogP contribution in [0.15, 0.2) is 134 Å². The highest BCUT2D eigenvalue weighted by molar-refractivity contribution is 6.23. The first-order valence-electron chi connectivity index (χ1n) is 15.8. The van der Waals surface area contributed by atoms with Crippen LogP contribution in [0.2, 0.25) is 0 Å². The van der Waals surface area contributed by atoms with E-state index in [-0.39, 0.29) is 0 Å². The van der Waals surface area contributed by atoms with Gasteiger partial charge in [0.1, 0.15) is 0 Å². The highest BCUT2D eigenvalue weighted by Crippen LogP contribution is 2.38. The summed E-state index contributed by atoms with van der Waals surface area (Å²) in [6, 6.07) is 45.9. The molecule has 0 aliphatic rings. The molecule has 0 amide bonds. The summed E-state index contributed by atoms with van der Waals surface area (Å²) in [4.78, 5) is 10.3. The van der Waals surface area contributed by atoms with Crippen LogP contribution in [0.25, 0.3) is 82.5 Å². The number of hydrogen-bond acceptors (Lipinski definition) is 2. The molecule has 0 fully saturated rings. The first-order valence-corrected chi connectivity index (χ1v) is 15.8. The van der Waals surface area contributed by atoms with Crippen LogP contribution in [0.5, 0.6) is 0 Å². The van der Waals surface area contributed by atoms with E-state index in [9.17, 15) is 0 Å². The van der Waals surface area contributed by atoms with E-state index in [4.69, 9.17) is 9.97 Å². The molecule has 0 spiro atoms. The van der Waals surface area contributed by atoms with Crippen molar-refractivity contribution in [1.29, 1.82) is 0 Å². The fourth-order valence-electron chi connectivity index (χ4n) is 7.61. The van der Waals surface area contributed by atoms with E-state index in [1.807, 2.05) is 6.20 Å². The zero-order valence-electron chi connectivity index (χ0n) is 26.0. The standard InChI is InChI=1S/C43H31N3/c1-26-21-27(2)41(28(3)22-26)30-19-20-40-37(24-30)34-15-8-9-18-39(34)46(40)31-12-10-11-29(23-31)38-25-44-42-35-16-6-4-13-32(35)33-14-5-7-17-36(33)43(42)45-38/h4-25H,1-3H3. The van der Waals surface area contributed by atoms with E-state index in [0.717, 1.165) is 38.8 Å². The third-order valence-electron chi connectivity index (χ3n) is 9.47. The van der Waals surface area contributed by atoms with Crippen LogP contribution in [-0.4, -0.2) is 14.5 Å².